The van der Waals surface area contributed by atoms with Crippen LogP contribution in [-0.2, 0) is 11.3 Å². The molecule has 2 aromatic heterocycles. The predicted octanol–water partition coefficient (Wildman–Crippen LogP) is 4.54. The molecule has 2 aromatic carbocycles. The van der Waals surface area contributed by atoms with Crippen molar-refractivity contribution in [3.8, 4) is 11.5 Å². The number of carbonyl (C=O) groups is 2. The van der Waals surface area contributed by atoms with Gasteiger partial charge < -0.3 is 18.6 Å². The van der Waals surface area contributed by atoms with Crippen LogP contribution in [0.15, 0.2) is 59.2 Å². The molecular formula is C23H20N2O6S. The number of hydrogen-bond acceptors (Lipinski definition) is 8. The molecule has 4 rings (SSSR count). The van der Waals surface area contributed by atoms with Crippen molar-refractivity contribution in [2.45, 2.75) is 6.54 Å². The quantitative estimate of drug-likeness (QED) is 0.380. The molecule has 0 aliphatic heterocycles. The Kier molecular flexibility index (Phi) is 6.09. The number of carbonyl (C=O) groups excluding carboxylic acids is 2. The van der Waals surface area contributed by atoms with Crippen LogP contribution in [0.25, 0.3) is 10.2 Å². The zero-order valence-corrected chi connectivity index (χ0v) is 18.5. The number of anilines is 1. The molecule has 0 N–H and O–H groups in total. The molecule has 0 bridgehead atoms. The van der Waals surface area contributed by atoms with Gasteiger partial charge in [-0.15, -0.1) is 0 Å². The molecule has 164 valence electrons. The first-order chi connectivity index (χ1) is 15.5. The number of amides is 1. The smallest absolute Gasteiger partial charge is 0.337 e. The van der Waals surface area contributed by atoms with Crippen molar-refractivity contribution >= 4 is 38.6 Å². The zero-order chi connectivity index (χ0) is 22.7. The molecule has 0 fully saturated rings. The molecular weight excluding hydrogens is 432 g/mol. The highest BCUT2D eigenvalue weighted by molar-refractivity contribution is 7.22. The number of thiazole rings is 1. The molecule has 0 unspecified atom stereocenters. The van der Waals surface area contributed by atoms with E-state index in [4.69, 9.17) is 18.6 Å². The number of ether oxygens (including phenoxy) is 3. The normalized spacial score (nSPS) is 10.7. The summed E-state index contributed by atoms with van der Waals surface area (Å²) < 4.78 is 21.9. The molecule has 32 heavy (non-hydrogen) atoms. The van der Waals surface area contributed by atoms with Gasteiger partial charge in [-0.05, 0) is 48.5 Å². The van der Waals surface area contributed by atoms with Crippen LogP contribution in [0.1, 0.15) is 26.5 Å². The van der Waals surface area contributed by atoms with Crippen molar-refractivity contribution in [1.82, 2.24) is 4.98 Å². The van der Waals surface area contributed by atoms with Crippen molar-refractivity contribution in [1.29, 1.82) is 0 Å². The molecule has 0 aliphatic carbocycles. The topological polar surface area (TPSA) is 91.1 Å². The third-order valence-electron chi connectivity index (χ3n) is 4.82. The lowest BCUT2D eigenvalue weighted by atomic mass is 10.1. The van der Waals surface area contributed by atoms with Gasteiger partial charge in [0, 0.05) is 5.56 Å². The Morgan fingerprint density at radius 2 is 1.66 bits per heavy atom. The average Bonchev–Trinajstić information content (AvgIpc) is 3.51. The number of fused-ring (bicyclic) bond motifs is 1. The standard InChI is InChI=1S/C23H20N2O6S/c1-28-17-10-11-18(29-2)20-19(17)24-23(32-20)25(13-16-5-4-12-31-16)21(26)14-6-8-15(9-7-14)22(27)30-3/h4-12H,13H2,1-3H3. The molecule has 0 aliphatic rings. The molecule has 0 saturated carbocycles. The first-order valence-electron chi connectivity index (χ1n) is 9.60. The van der Waals surface area contributed by atoms with Crippen molar-refractivity contribution in [2.24, 2.45) is 0 Å². The molecule has 0 spiro atoms. The molecule has 0 radical (unpaired) electrons. The Balaban J connectivity index is 1.77. The summed E-state index contributed by atoms with van der Waals surface area (Å²) >= 11 is 1.32. The third-order valence-corrected chi connectivity index (χ3v) is 5.91. The summed E-state index contributed by atoms with van der Waals surface area (Å²) in [4.78, 5) is 31.4. The summed E-state index contributed by atoms with van der Waals surface area (Å²) in [5, 5.41) is 0.459. The Bertz CT molecular complexity index is 1210. The second-order valence-electron chi connectivity index (χ2n) is 6.68. The van der Waals surface area contributed by atoms with Crippen LogP contribution in [0.2, 0.25) is 0 Å². The predicted molar refractivity (Wildman–Crippen MR) is 120 cm³/mol. The highest BCUT2D eigenvalue weighted by Gasteiger charge is 2.25. The highest BCUT2D eigenvalue weighted by atomic mass is 32.1. The van der Waals surface area contributed by atoms with Crippen molar-refractivity contribution in [2.75, 3.05) is 26.2 Å². The maximum atomic E-state index is 13.5. The van der Waals surface area contributed by atoms with Crippen molar-refractivity contribution in [3.05, 3.63) is 71.7 Å². The Hall–Kier alpha value is -3.85. The van der Waals surface area contributed by atoms with Gasteiger partial charge >= 0.3 is 5.97 Å². The largest absolute Gasteiger partial charge is 0.495 e. The number of nitrogens with zero attached hydrogens (tertiary/aromatic N) is 2. The Labute approximate surface area is 187 Å². The average molecular weight is 452 g/mol. The summed E-state index contributed by atoms with van der Waals surface area (Å²) in [6.07, 6.45) is 1.55. The fourth-order valence-electron chi connectivity index (χ4n) is 3.20. The van der Waals surface area contributed by atoms with E-state index in [1.54, 1.807) is 69.0 Å². The number of rotatable bonds is 7. The van der Waals surface area contributed by atoms with Crippen LogP contribution < -0.4 is 14.4 Å². The minimum atomic E-state index is -0.471. The maximum Gasteiger partial charge on any atom is 0.337 e. The first-order valence-corrected chi connectivity index (χ1v) is 10.4. The molecule has 1 amide bonds. The SMILES string of the molecule is COC(=O)c1ccc(C(=O)N(Cc2ccco2)c2nc3c(OC)ccc(OC)c3s2)cc1. The number of esters is 1. The highest BCUT2D eigenvalue weighted by Crippen LogP contribution is 2.40. The fourth-order valence-corrected chi connectivity index (χ4v) is 4.27. The van der Waals surface area contributed by atoms with Crippen LogP contribution in [0.5, 0.6) is 11.5 Å². The summed E-state index contributed by atoms with van der Waals surface area (Å²) in [7, 11) is 4.45. The lowest BCUT2D eigenvalue weighted by molar-refractivity contribution is 0.0600. The number of hydrogen-bond donors (Lipinski definition) is 0. The van der Waals surface area contributed by atoms with Gasteiger partial charge in [0.1, 0.15) is 27.5 Å². The Morgan fingerprint density at radius 3 is 2.28 bits per heavy atom. The van der Waals surface area contributed by atoms with Crippen molar-refractivity contribution in [3.63, 3.8) is 0 Å². The zero-order valence-electron chi connectivity index (χ0n) is 17.7. The van der Waals surface area contributed by atoms with Crippen molar-refractivity contribution < 1.29 is 28.2 Å². The van der Waals surface area contributed by atoms with E-state index in [-0.39, 0.29) is 12.5 Å². The molecule has 2 heterocycles. The number of furan rings is 1. The van der Waals surface area contributed by atoms with E-state index in [1.165, 1.54) is 23.3 Å². The second kappa shape index (κ2) is 9.11. The monoisotopic (exact) mass is 452 g/mol. The van der Waals surface area contributed by atoms with Crippen LogP contribution >= 0.6 is 11.3 Å². The van der Waals surface area contributed by atoms with Crippen LogP contribution in [0.4, 0.5) is 5.13 Å². The Morgan fingerprint density at radius 1 is 0.969 bits per heavy atom. The minimum Gasteiger partial charge on any atom is -0.495 e. The van der Waals surface area contributed by atoms with Crippen LogP contribution in [0.3, 0.4) is 0 Å². The summed E-state index contributed by atoms with van der Waals surface area (Å²) in [5.74, 6) is 1.05. The maximum absolute atomic E-state index is 13.5. The molecule has 0 saturated heterocycles. The lowest BCUT2D eigenvalue weighted by Crippen LogP contribution is -2.30. The second-order valence-corrected chi connectivity index (χ2v) is 7.66. The van der Waals surface area contributed by atoms with E-state index in [2.05, 4.69) is 4.98 Å². The number of aromatic nitrogens is 1. The van der Waals surface area contributed by atoms with Crippen LogP contribution in [-0.4, -0.2) is 38.2 Å². The van der Waals surface area contributed by atoms with Crippen LogP contribution in [0, 0.1) is 0 Å². The lowest BCUT2D eigenvalue weighted by Gasteiger charge is -2.19. The van der Waals surface area contributed by atoms with E-state index < -0.39 is 5.97 Å². The summed E-state index contributed by atoms with van der Waals surface area (Å²) in [5.41, 5.74) is 1.35. The van der Waals surface area contributed by atoms with Gasteiger partial charge in [0.05, 0.1) is 39.7 Å². The van der Waals surface area contributed by atoms with Gasteiger partial charge in [0.2, 0.25) is 0 Å². The molecule has 0 atom stereocenters. The fraction of sp³-hybridized carbons (Fsp3) is 0.174. The van der Waals surface area contributed by atoms with E-state index in [0.717, 1.165) is 4.70 Å². The van der Waals surface area contributed by atoms with E-state index in [9.17, 15) is 9.59 Å². The van der Waals surface area contributed by atoms with Gasteiger partial charge in [-0.3, -0.25) is 9.69 Å². The van der Waals surface area contributed by atoms with Gasteiger partial charge in [0.25, 0.3) is 5.91 Å². The van der Waals surface area contributed by atoms with Gasteiger partial charge in [-0.25, -0.2) is 9.78 Å². The van der Waals surface area contributed by atoms with Gasteiger partial charge in [-0.2, -0.15) is 0 Å². The molecule has 4 aromatic rings. The minimum absolute atomic E-state index is 0.176. The summed E-state index contributed by atoms with van der Waals surface area (Å²) in [6, 6.07) is 13.4. The first kappa shape index (κ1) is 21.4. The molecule has 9 heteroatoms. The molecule has 8 nitrogen and oxygen atoms in total. The third kappa shape index (κ3) is 4.02. The van der Waals surface area contributed by atoms with E-state index in [1.807, 2.05) is 0 Å². The van der Waals surface area contributed by atoms with Gasteiger partial charge in [-0.1, -0.05) is 11.3 Å². The summed E-state index contributed by atoms with van der Waals surface area (Å²) in [6.45, 7) is 0.176. The van der Waals surface area contributed by atoms with Gasteiger partial charge in [0.15, 0.2) is 5.13 Å². The van der Waals surface area contributed by atoms with E-state index >= 15 is 0 Å². The van der Waals surface area contributed by atoms with E-state index in [0.29, 0.717) is 39.0 Å². The number of benzene rings is 2. The number of methoxy groups -OCH3 is 3.